The average molecular weight is 526 g/mol. The summed E-state index contributed by atoms with van der Waals surface area (Å²) in [4.78, 5) is 65.1. The summed E-state index contributed by atoms with van der Waals surface area (Å²) in [6.07, 6.45) is 3.26. The van der Waals surface area contributed by atoms with Crippen molar-refractivity contribution in [2.45, 2.75) is 96.9 Å². The lowest BCUT2D eigenvalue weighted by atomic mass is 9.85. The van der Waals surface area contributed by atoms with Gasteiger partial charge in [-0.25, -0.2) is 4.79 Å². The molecule has 36 heavy (non-hydrogen) atoms. The number of likely N-dealkylation sites (tertiary alicyclic amines) is 1. The van der Waals surface area contributed by atoms with Crippen molar-refractivity contribution in [1.29, 1.82) is 0 Å². The zero-order valence-electron chi connectivity index (χ0n) is 22.6. The summed E-state index contributed by atoms with van der Waals surface area (Å²) in [6, 6.07) is -2.14. The van der Waals surface area contributed by atoms with Gasteiger partial charge in [-0.1, -0.05) is 54.9 Å². The predicted molar refractivity (Wildman–Crippen MR) is 140 cm³/mol. The maximum Gasteiger partial charge on any atom is 0.315 e. The summed E-state index contributed by atoms with van der Waals surface area (Å²) in [5, 5.41) is 7.40. The van der Waals surface area contributed by atoms with Gasteiger partial charge in [0.2, 0.25) is 11.8 Å². The summed E-state index contributed by atoms with van der Waals surface area (Å²) in [5.41, 5.74) is 4.48. The molecule has 5 N–H and O–H groups in total. The highest BCUT2D eigenvalue weighted by molar-refractivity contribution is 8.01. The van der Waals surface area contributed by atoms with Crippen LogP contribution in [0.25, 0.3) is 0 Å². The van der Waals surface area contributed by atoms with E-state index in [9.17, 15) is 24.0 Å². The van der Waals surface area contributed by atoms with Gasteiger partial charge in [-0.3, -0.25) is 19.2 Å². The number of primary amides is 1. The third kappa shape index (κ3) is 8.38. The van der Waals surface area contributed by atoms with E-state index in [1.165, 1.54) is 16.7 Å². The second kappa shape index (κ2) is 11.8. The van der Waals surface area contributed by atoms with Gasteiger partial charge in [0.25, 0.3) is 11.7 Å². The number of hydrogen-bond acceptors (Lipinski definition) is 6. The zero-order chi connectivity index (χ0) is 27.4. The number of nitrogens with zero attached hydrogens (tertiary/aromatic N) is 1. The molecule has 1 aliphatic heterocycles. The van der Waals surface area contributed by atoms with E-state index in [1.54, 1.807) is 0 Å². The number of rotatable bonds is 9. The van der Waals surface area contributed by atoms with Crippen molar-refractivity contribution in [3.63, 3.8) is 0 Å². The highest BCUT2D eigenvalue weighted by Gasteiger charge is 2.45. The molecule has 11 heteroatoms. The minimum atomic E-state index is -1.10. The minimum Gasteiger partial charge on any atom is -0.363 e. The van der Waals surface area contributed by atoms with E-state index in [4.69, 9.17) is 5.73 Å². The van der Waals surface area contributed by atoms with Gasteiger partial charge >= 0.3 is 6.03 Å². The van der Waals surface area contributed by atoms with Crippen LogP contribution in [-0.2, 0) is 19.2 Å². The number of thioether (sulfide) groups is 1. The molecule has 5 amide bonds. The number of carbonyl (C=O) groups excluding carboxylic acids is 5. The minimum absolute atomic E-state index is 0.0459. The summed E-state index contributed by atoms with van der Waals surface area (Å²) in [7, 11) is 0. The fourth-order valence-electron chi connectivity index (χ4n) is 4.10. The first-order chi connectivity index (χ1) is 16.5. The molecule has 0 aromatic rings. The van der Waals surface area contributed by atoms with Gasteiger partial charge in [-0.05, 0) is 36.0 Å². The Morgan fingerprint density at radius 2 is 1.64 bits per heavy atom. The molecule has 1 saturated carbocycles. The standard InChI is InChI=1S/C25H43N5O5S/c1-14-11-16(20(33)29-21(17(31)19(26)32)36-15-9-8-10-15)30(12-14)22(34)18(25(5,6)7)28-23(35)27-13-24(2,3)4/h14-16,18,21H,8-13H2,1-7H3,(H2,26,32)(H,29,33)(H2,27,28,35)/t14?,16-,18?,21?/m0/s1. The van der Waals surface area contributed by atoms with Crippen molar-refractivity contribution < 1.29 is 24.0 Å². The Bertz CT molecular complexity index is 862. The van der Waals surface area contributed by atoms with Crippen molar-refractivity contribution in [3.05, 3.63) is 0 Å². The first-order valence-electron chi connectivity index (χ1n) is 12.6. The number of urea groups is 1. The van der Waals surface area contributed by atoms with Crippen molar-refractivity contribution in [3.8, 4) is 0 Å². The van der Waals surface area contributed by atoms with Gasteiger partial charge in [-0.15, -0.1) is 11.8 Å². The Kier molecular flexibility index (Phi) is 9.84. The number of ketones is 1. The van der Waals surface area contributed by atoms with Crippen LogP contribution in [0.2, 0.25) is 0 Å². The number of nitrogens with one attached hydrogen (secondary N) is 3. The highest BCUT2D eigenvalue weighted by Crippen LogP contribution is 2.34. The molecule has 0 aromatic carbocycles. The molecule has 1 heterocycles. The van der Waals surface area contributed by atoms with Crippen molar-refractivity contribution >= 4 is 41.3 Å². The van der Waals surface area contributed by atoms with Crippen LogP contribution < -0.4 is 21.7 Å². The molecule has 2 aliphatic rings. The van der Waals surface area contributed by atoms with Crippen LogP contribution in [0, 0.1) is 16.7 Å². The number of nitrogens with two attached hydrogens (primary N) is 1. The lowest BCUT2D eigenvalue weighted by Crippen LogP contribution is -2.60. The average Bonchev–Trinajstić information content (AvgIpc) is 3.11. The maximum atomic E-state index is 13.7. The van der Waals surface area contributed by atoms with Crippen molar-refractivity contribution in [1.82, 2.24) is 20.9 Å². The summed E-state index contributed by atoms with van der Waals surface area (Å²) in [6.45, 7) is 14.3. The van der Waals surface area contributed by atoms with E-state index >= 15 is 0 Å². The van der Waals surface area contributed by atoms with E-state index in [2.05, 4.69) is 16.0 Å². The molecular formula is C25H43N5O5S. The number of amides is 5. The molecule has 1 aliphatic carbocycles. The molecule has 2 rings (SSSR count). The molecule has 0 radical (unpaired) electrons. The van der Waals surface area contributed by atoms with Crippen LogP contribution in [-0.4, -0.2) is 70.2 Å². The van der Waals surface area contributed by atoms with Crippen LogP contribution in [0.3, 0.4) is 0 Å². The van der Waals surface area contributed by atoms with Gasteiger partial charge in [0.05, 0.1) is 0 Å². The van der Waals surface area contributed by atoms with Crippen molar-refractivity contribution in [2.24, 2.45) is 22.5 Å². The number of Topliss-reactive ketones (excluding diaryl/α,β-unsaturated/α-hetero) is 1. The van der Waals surface area contributed by atoms with Crippen LogP contribution >= 0.6 is 11.8 Å². The molecule has 3 unspecified atom stereocenters. The van der Waals surface area contributed by atoms with Crippen LogP contribution in [0.15, 0.2) is 0 Å². The topological polar surface area (TPSA) is 151 Å². The highest BCUT2D eigenvalue weighted by atomic mass is 32.2. The molecule has 1 saturated heterocycles. The summed E-state index contributed by atoms with van der Waals surface area (Å²) in [5.74, 6) is -2.76. The van der Waals surface area contributed by atoms with Crippen LogP contribution in [0.1, 0.15) is 74.1 Å². The number of hydrogen-bond donors (Lipinski definition) is 4. The first-order valence-corrected chi connectivity index (χ1v) is 13.6. The second-order valence-corrected chi connectivity index (χ2v) is 13.8. The Morgan fingerprint density at radius 3 is 2.11 bits per heavy atom. The lowest BCUT2D eigenvalue weighted by Gasteiger charge is -2.36. The molecule has 4 atom stereocenters. The van der Waals surface area contributed by atoms with E-state index < -0.39 is 46.5 Å². The van der Waals surface area contributed by atoms with E-state index in [0.29, 0.717) is 19.5 Å². The summed E-state index contributed by atoms with van der Waals surface area (Å²) >= 11 is 1.24. The third-order valence-corrected chi connectivity index (χ3v) is 7.86. The van der Waals surface area contributed by atoms with Gasteiger partial charge in [0.1, 0.15) is 17.5 Å². The van der Waals surface area contributed by atoms with Gasteiger partial charge in [0.15, 0.2) is 0 Å². The van der Waals surface area contributed by atoms with Crippen LogP contribution in [0.4, 0.5) is 4.79 Å². The van der Waals surface area contributed by atoms with Gasteiger partial charge in [0, 0.05) is 18.3 Å². The Morgan fingerprint density at radius 1 is 1.03 bits per heavy atom. The molecule has 2 fully saturated rings. The quantitative estimate of drug-likeness (QED) is 0.266. The van der Waals surface area contributed by atoms with Gasteiger partial charge < -0.3 is 26.6 Å². The van der Waals surface area contributed by atoms with E-state index in [1.807, 2.05) is 48.5 Å². The zero-order valence-corrected chi connectivity index (χ0v) is 23.4. The first kappa shape index (κ1) is 29.9. The summed E-state index contributed by atoms with van der Waals surface area (Å²) < 4.78 is 0. The molecular weight excluding hydrogens is 482 g/mol. The third-order valence-electron chi connectivity index (χ3n) is 6.40. The molecule has 10 nitrogen and oxygen atoms in total. The van der Waals surface area contributed by atoms with Crippen molar-refractivity contribution in [2.75, 3.05) is 13.1 Å². The fourth-order valence-corrected chi connectivity index (χ4v) is 5.51. The Labute approximate surface area is 218 Å². The van der Waals surface area contributed by atoms with E-state index in [-0.39, 0.29) is 22.5 Å². The molecule has 0 aromatic heterocycles. The largest absolute Gasteiger partial charge is 0.363 e. The van der Waals surface area contributed by atoms with Crippen LogP contribution in [0.5, 0.6) is 0 Å². The lowest BCUT2D eigenvalue weighted by molar-refractivity contribution is -0.142. The fraction of sp³-hybridized carbons (Fsp3) is 0.800. The second-order valence-electron chi connectivity index (χ2n) is 12.3. The van der Waals surface area contributed by atoms with Gasteiger partial charge in [-0.2, -0.15) is 0 Å². The Balaban J connectivity index is 2.18. The normalized spacial score (nSPS) is 22.2. The maximum absolute atomic E-state index is 13.7. The molecule has 204 valence electrons. The molecule has 0 spiro atoms. The predicted octanol–water partition coefficient (Wildman–Crippen LogP) is 1.77. The Hall–Kier alpha value is -2.30. The number of carbonyl (C=O) groups is 5. The monoisotopic (exact) mass is 525 g/mol. The molecule has 0 bridgehead atoms. The smallest absolute Gasteiger partial charge is 0.315 e. The SMILES string of the molecule is CC1C[C@@H](C(=O)NC(SC2CCC2)C(=O)C(N)=O)N(C(=O)C(NC(=O)NCC(C)(C)C)C(C)(C)C)C1. The van der Waals surface area contributed by atoms with E-state index in [0.717, 1.165) is 19.3 Å².